The molecule has 17 nitrogen and oxygen atoms in total. The fourth-order valence-electron chi connectivity index (χ4n) is 13.4. The number of phosphoric acid groups is 2. The molecule has 0 rings (SSSR count). The molecule has 105 heavy (non-hydrogen) atoms. The Kier molecular flexibility index (Phi) is 76.0. The number of rotatable bonds is 85. The number of unbranched alkanes of at least 4 members (excludes halogenated alkanes) is 54. The van der Waals surface area contributed by atoms with Crippen LogP contribution in [0.25, 0.3) is 0 Å². The van der Waals surface area contributed by atoms with Gasteiger partial charge in [-0.05, 0) is 37.5 Å². The van der Waals surface area contributed by atoms with Crippen LogP contribution in [0.2, 0.25) is 0 Å². The van der Waals surface area contributed by atoms with Crippen molar-refractivity contribution in [3.05, 3.63) is 0 Å². The van der Waals surface area contributed by atoms with Gasteiger partial charge in [0.15, 0.2) is 12.2 Å². The second-order valence-corrected chi connectivity index (χ2v) is 34.6. The van der Waals surface area contributed by atoms with E-state index in [9.17, 15) is 43.2 Å². The molecule has 0 spiro atoms. The molecule has 0 aliphatic heterocycles. The molecule has 0 aromatic rings. The summed E-state index contributed by atoms with van der Waals surface area (Å²) in [5, 5.41) is 10.7. The first-order valence-corrected chi connectivity index (χ1v) is 47.5. The molecule has 0 aliphatic carbocycles. The van der Waals surface area contributed by atoms with Crippen molar-refractivity contribution < 1.29 is 80.2 Å². The predicted molar refractivity (Wildman–Crippen MR) is 432 cm³/mol. The van der Waals surface area contributed by atoms with Crippen molar-refractivity contribution in [3.8, 4) is 0 Å². The Morgan fingerprint density at radius 2 is 0.486 bits per heavy atom. The van der Waals surface area contributed by atoms with Crippen LogP contribution in [0.5, 0.6) is 0 Å². The Balaban J connectivity index is 5.25. The van der Waals surface area contributed by atoms with Gasteiger partial charge in [-0.15, -0.1) is 0 Å². The Morgan fingerprint density at radius 1 is 0.276 bits per heavy atom. The zero-order chi connectivity index (χ0) is 77.1. The van der Waals surface area contributed by atoms with Crippen molar-refractivity contribution in [2.24, 2.45) is 11.8 Å². The van der Waals surface area contributed by atoms with Crippen molar-refractivity contribution in [2.75, 3.05) is 39.6 Å². The topological polar surface area (TPSA) is 237 Å². The largest absolute Gasteiger partial charge is 0.472 e. The summed E-state index contributed by atoms with van der Waals surface area (Å²) in [6.07, 6.45) is 69.3. The number of carbonyl (C=O) groups excluding carboxylic acids is 4. The second kappa shape index (κ2) is 77.4. The first-order valence-electron chi connectivity index (χ1n) is 44.5. The van der Waals surface area contributed by atoms with Crippen LogP contribution in [0.15, 0.2) is 0 Å². The van der Waals surface area contributed by atoms with E-state index in [0.29, 0.717) is 25.7 Å². The number of aliphatic hydroxyl groups is 1. The summed E-state index contributed by atoms with van der Waals surface area (Å²) in [6, 6.07) is 0. The Morgan fingerprint density at radius 3 is 0.724 bits per heavy atom. The average Bonchev–Trinajstić information content (AvgIpc) is 0.904. The van der Waals surface area contributed by atoms with Gasteiger partial charge in [-0.3, -0.25) is 37.3 Å². The van der Waals surface area contributed by atoms with E-state index in [2.05, 4.69) is 41.5 Å². The fourth-order valence-corrected chi connectivity index (χ4v) is 15.0. The zero-order valence-corrected chi connectivity index (χ0v) is 70.8. The molecule has 0 aromatic heterocycles. The standard InChI is InChI=1S/C86H168O17P2/c1-7-10-12-14-16-18-20-22-23-24-25-26-27-28-29-35-39-46-52-58-64-70-85(90)102-81(74-97-84(89)69-63-57-51-45-38-34-31-30-33-36-42-48-54-60-66-78(4)5)76-100-104(92,93)98-72-80(87)73-99-105(94,95)101-77-82(75-96-83(88)68-62-56-50-44-37-32-21-19-17-15-13-11-8-2)103-86(91)71-65-59-53-47-41-40-43-49-55-61-67-79(6)9-3/h78-82,87H,7-77H2,1-6H3,(H,92,93)(H,94,95)/t79?,80-,81-,82-/m1/s1. The lowest BCUT2D eigenvalue weighted by Gasteiger charge is -2.21. The first kappa shape index (κ1) is 103. The molecule has 0 fully saturated rings. The third-order valence-corrected chi connectivity index (χ3v) is 22.5. The number of aliphatic hydroxyl groups excluding tert-OH is 1. The zero-order valence-electron chi connectivity index (χ0n) is 69.0. The smallest absolute Gasteiger partial charge is 0.462 e. The highest BCUT2D eigenvalue weighted by molar-refractivity contribution is 7.47. The number of hydrogen-bond donors (Lipinski definition) is 3. The number of carbonyl (C=O) groups is 4. The van der Waals surface area contributed by atoms with Crippen LogP contribution in [0.3, 0.4) is 0 Å². The van der Waals surface area contributed by atoms with Gasteiger partial charge in [0, 0.05) is 25.7 Å². The molecule has 0 bridgehead atoms. The van der Waals surface area contributed by atoms with Gasteiger partial charge >= 0.3 is 39.5 Å². The van der Waals surface area contributed by atoms with Gasteiger partial charge in [-0.1, -0.05) is 408 Å². The number of hydrogen-bond acceptors (Lipinski definition) is 15. The van der Waals surface area contributed by atoms with E-state index >= 15 is 0 Å². The van der Waals surface area contributed by atoms with Gasteiger partial charge in [0.05, 0.1) is 26.4 Å². The van der Waals surface area contributed by atoms with Crippen molar-refractivity contribution in [2.45, 2.75) is 477 Å². The third-order valence-electron chi connectivity index (χ3n) is 20.6. The average molecular weight is 1540 g/mol. The van der Waals surface area contributed by atoms with E-state index < -0.39 is 97.5 Å². The summed E-state index contributed by atoms with van der Waals surface area (Å²) in [6.45, 7) is 9.72. The molecule has 0 radical (unpaired) electrons. The highest BCUT2D eigenvalue weighted by Gasteiger charge is 2.30. The van der Waals surface area contributed by atoms with Crippen molar-refractivity contribution >= 4 is 39.5 Å². The van der Waals surface area contributed by atoms with Gasteiger partial charge in [-0.25, -0.2) is 9.13 Å². The summed E-state index contributed by atoms with van der Waals surface area (Å²) in [5.74, 6) is -0.499. The summed E-state index contributed by atoms with van der Waals surface area (Å²) in [4.78, 5) is 73.3. The van der Waals surface area contributed by atoms with Crippen LogP contribution in [0.1, 0.15) is 459 Å². The number of ether oxygens (including phenoxy) is 4. The van der Waals surface area contributed by atoms with Gasteiger partial charge in [0.1, 0.15) is 19.3 Å². The molecule has 3 N–H and O–H groups in total. The van der Waals surface area contributed by atoms with E-state index in [1.807, 2.05) is 0 Å². The number of esters is 4. The van der Waals surface area contributed by atoms with Crippen molar-refractivity contribution in [3.63, 3.8) is 0 Å². The molecular weight excluding hydrogens is 1370 g/mol. The summed E-state index contributed by atoms with van der Waals surface area (Å²) < 4.78 is 68.9. The summed E-state index contributed by atoms with van der Waals surface area (Å²) in [7, 11) is -9.93. The van der Waals surface area contributed by atoms with Crippen LogP contribution < -0.4 is 0 Å². The van der Waals surface area contributed by atoms with Crippen molar-refractivity contribution in [1.29, 1.82) is 0 Å². The molecule has 19 heteroatoms. The van der Waals surface area contributed by atoms with Gasteiger partial charge in [0.25, 0.3) is 0 Å². The third kappa shape index (κ3) is 78.5. The Bertz CT molecular complexity index is 2010. The molecule has 624 valence electrons. The van der Waals surface area contributed by atoms with E-state index in [-0.39, 0.29) is 25.7 Å². The second-order valence-electron chi connectivity index (χ2n) is 31.6. The highest BCUT2D eigenvalue weighted by Crippen LogP contribution is 2.45. The molecule has 0 saturated heterocycles. The van der Waals surface area contributed by atoms with Gasteiger partial charge in [-0.2, -0.15) is 0 Å². The molecule has 0 amide bonds. The quantitative estimate of drug-likeness (QED) is 0.0222. The van der Waals surface area contributed by atoms with Crippen LogP contribution >= 0.6 is 15.6 Å². The highest BCUT2D eigenvalue weighted by atomic mass is 31.2. The van der Waals surface area contributed by atoms with Crippen LogP contribution in [-0.4, -0.2) is 96.7 Å². The maximum Gasteiger partial charge on any atom is 0.472 e. The first-order chi connectivity index (χ1) is 50.9. The molecule has 6 atom stereocenters. The minimum absolute atomic E-state index is 0.107. The van der Waals surface area contributed by atoms with E-state index in [4.69, 9.17) is 37.0 Å². The minimum atomic E-state index is -4.97. The van der Waals surface area contributed by atoms with Crippen molar-refractivity contribution in [1.82, 2.24) is 0 Å². The SMILES string of the molecule is CCCCCCCCCCCCCCCCCCCCCCCC(=O)O[C@H](COC(=O)CCCCCCCCCCCCCCCCC(C)C)COP(=O)(O)OC[C@@H](O)COP(=O)(O)OC[C@@H](COC(=O)CCCCCCCCCCCCCCC)OC(=O)CCCCCCCCCCCCC(C)CC. The molecule has 0 aliphatic rings. The maximum absolute atomic E-state index is 13.2. The number of phosphoric ester groups is 2. The van der Waals surface area contributed by atoms with E-state index in [0.717, 1.165) is 102 Å². The maximum atomic E-state index is 13.2. The Labute approximate surface area is 645 Å². The van der Waals surface area contributed by atoms with Crippen LogP contribution in [0, 0.1) is 11.8 Å². The lowest BCUT2D eigenvalue weighted by molar-refractivity contribution is -0.161. The molecule has 0 aromatic carbocycles. The summed E-state index contributed by atoms with van der Waals surface area (Å²) >= 11 is 0. The lowest BCUT2D eigenvalue weighted by atomic mass is 9.99. The monoisotopic (exact) mass is 1540 g/mol. The lowest BCUT2D eigenvalue weighted by Crippen LogP contribution is -2.30. The fraction of sp³-hybridized carbons (Fsp3) is 0.953. The van der Waals surface area contributed by atoms with Gasteiger partial charge in [0.2, 0.25) is 0 Å². The minimum Gasteiger partial charge on any atom is -0.462 e. The molecule has 3 unspecified atom stereocenters. The van der Waals surface area contributed by atoms with E-state index in [1.54, 1.807) is 0 Å². The van der Waals surface area contributed by atoms with Crippen LogP contribution in [-0.2, 0) is 65.4 Å². The summed E-state index contributed by atoms with van der Waals surface area (Å²) in [5.41, 5.74) is 0. The Hall–Kier alpha value is -1.94. The van der Waals surface area contributed by atoms with Crippen LogP contribution in [0.4, 0.5) is 0 Å². The molecule has 0 saturated carbocycles. The normalized spacial score (nSPS) is 14.1. The molecular formula is C86H168O17P2. The predicted octanol–water partition coefficient (Wildman–Crippen LogP) is 26.2. The van der Waals surface area contributed by atoms with E-state index in [1.165, 1.54) is 276 Å². The van der Waals surface area contributed by atoms with Gasteiger partial charge < -0.3 is 33.8 Å². The molecule has 0 heterocycles.